The lowest BCUT2D eigenvalue weighted by molar-refractivity contribution is -0.144. The number of carbonyl (C=O) groups is 5. The van der Waals surface area contributed by atoms with E-state index in [0.29, 0.717) is 6.42 Å². The van der Waals surface area contributed by atoms with Gasteiger partial charge in [-0.3, -0.25) is 19.4 Å². The number of hydrogen-bond donors (Lipinski definition) is 5. The Labute approximate surface area is 310 Å². The second-order valence-corrected chi connectivity index (χ2v) is 13.7. The summed E-state index contributed by atoms with van der Waals surface area (Å²) in [5.41, 5.74) is 2.66. The van der Waals surface area contributed by atoms with Gasteiger partial charge in [0.2, 0.25) is 11.8 Å². The van der Waals surface area contributed by atoms with Crippen LogP contribution in [0.5, 0.6) is 0 Å². The van der Waals surface area contributed by atoms with Gasteiger partial charge >= 0.3 is 18.2 Å². The van der Waals surface area contributed by atoms with Crippen molar-refractivity contribution in [2.24, 2.45) is 11.3 Å². The molecule has 1 aromatic heterocycles. The van der Waals surface area contributed by atoms with Crippen molar-refractivity contribution in [2.45, 2.75) is 70.7 Å². The van der Waals surface area contributed by atoms with E-state index in [1.165, 1.54) is 21.3 Å². The molecule has 5 N–H and O–H groups in total. The van der Waals surface area contributed by atoms with Crippen molar-refractivity contribution in [1.82, 2.24) is 26.3 Å². The molecule has 0 aliphatic rings. The van der Waals surface area contributed by atoms with Crippen LogP contribution in [0.4, 0.5) is 9.59 Å². The van der Waals surface area contributed by atoms with Gasteiger partial charge < -0.3 is 40.6 Å². The van der Waals surface area contributed by atoms with Crippen molar-refractivity contribution in [3.63, 3.8) is 0 Å². The maximum atomic E-state index is 13.8. The number of aliphatic hydroxyl groups excluding tert-OH is 1. The molecule has 0 saturated carbocycles. The number of methoxy groups -OCH3 is 3. The zero-order valence-corrected chi connectivity index (χ0v) is 31.1. The van der Waals surface area contributed by atoms with Crippen LogP contribution in [0.3, 0.4) is 0 Å². The minimum Gasteiger partial charge on any atom is -0.469 e. The molecule has 5 atom stereocenters. The van der Waals surface area contributed by atoms with Crippen molar-refractivity contribution in [2.75, 3.05) is 27.9 Å². The molecule has 0 spiro atoms. The molecule has 0 aliphatic carbocycles. The SMILES string of the molecule is COC(=O)C[C@@H](CNC(=O)OC)C(=O)N[C@@H](Cc1ccccc1)[C@@H](O)C[C@H](Cc1ccc(-c2ccccn2)cc1)NC(=O)[C@@H](NC(=O)OC)C(C)(C)C. The number of aromatic nitrogens is 1. The predicted octanol–water partition coefficient (Wildman–Crippen LogP) is 3.56. The lowest BCUT2D eigenvalue weighted by atomic mass is 9.85. The molecule has 0 saturated heterocycles. The molecule has 0 radical (unpaired) electrons. The van der Waals surface area contributed by atoms with E-state index in [-0.39, 0.29) is 25.8 Å². The first-order valence-electron chi connectivity index (χ1n) is 17.3. The minimum atomic E-state index is -1.22. The summed E-state index contributed by atoms with van der Waals surface area (Å²) in [7, 11) is 3.58. The first-order chi connectivity index (χ1) is 25.2. The molecule has 4 amide bonds. The number of rotatable bonds is 17. The first-order valence-corrected chi connectivity index (χ1v) is 17.3. The Morgan fingerprint density at radius 2 is 1.38 bits per heavy atom. The van der Waals surface area contributed by atoms with Gasteiger partial charge in [-0.2, -0.15) is 0 Å². The van der Waals surface area contributed by atoms with Gasteiger partial charge in [0.05, 0.1) is 51.5 Å². The number of benzene rings is 2. The molecular weight excluding hydrogens is 682 g/mol. The Kier molecular flexibility index (Phi) is 16.2. The zero-order valence-electron chi connectivity index (χ0n) is 31.1. The third-order valence-electron chi connectivity index (χ3n) is 8.63. The fourth-order valence-corrected chi connectivity index (χ4v) is 5.69. The van der Waals surface area contributed by atoms with Gasteiger partial charge in [0, 0.05) is 24.3 Å². The molecule has 14 heteroatoms. The summed E-state index contributed by atoms with van der Waals surface area (Å²) in [6, 6.07) is 20.0. The molecule has 0 fully saturated rings. The van der Waals surface area contributed by atoms with E-state index in [4.69, 9.17) is 9.47 Å². The Morgan fingerprint density at radius 1 is 0.736 bits per heavy atom. The summed E-state index contributed by atoms with van der Waals surface area (Å²) in [4.78, 5) is 68.2. The van der Waals surface area contributed by atoms with Crippen LogP contribution in [0, 0.1) is 11.3 Å². The Bertz CT molecular complexity index is 1630. The van der Waals surface area contributed by atoms with Gasteiger partial charge in [0.1, 0.15) is 6.04 Å². The third kappa shape index (κ3) is 13.9. The number of carbonyl (C=O) groups excluding carboxylic acids is 5. The van der Waals surface area contributed by atoms with Crippen molar-refractivity contribution < 1.29 is 43.3 Å². The number of aliphatic hydroxyl groups is 1. The van der Waals surface area contributed by atoms with Crippen LogP contribution in [-0.4, -0.2) is 92.2 Å². The van der Waals surface area contributed by atoms with Crippen molar-refractivity contribution >= 4 is 30.0 Å². The zero-order chi connectivity index (χ0) is 39.0. The normalized spacial score (nSPS) is 13.9. The molecule has 0 bridgehead atoms. The van der Waals surface area contributed by atoms with E-state index in [2.05, 4.69) is 31.0 Å². The summed E-state index contributed by atoms with van der Waals surface area (Å²) in [5.74, 6) is -2.80. The van der Waals surface area contributed by atoms with E-state index < -0.39 is 65.5 Å². The molecule has 3 aromatic rings. The number of amides is 4. The number of nitrogens with zero attached hydrogens (tertiary/aromatic N) is 1. The topological polar surface area (TPSA) is 194 Å². The maximum absolute atomic E-state index is 13.8. The predicted molar refractivity (Wildman–Crippen MR) is 197 cm³/mol. The van der Waals surface area contributed by atoms with Crippen LogP contribution < -0.4 is 21.3 Å². The molecule has 286 valence electrons. The van der Waals surface area contributed by atoms with Gasteiger partial charge in [-0.25, -0.2) is 9.59 Å². The Balaban J connectivity index is 1.94. The summed E-state index contributed by atoms with van der Waals surface area (Å²) in [5, 5.41) is 22.9. The van der Waals surface area contributed by atoms with E-state index in [1.807, 2.05) is 72.8 Å². The fraction of sp³-hybridized carbons (Fsp3) is 0.436. The molecule has 53 heavy (non-hydrogen) atoms. The molecule has 2 aromatic carbocycles. The molecule has 0 unspecified atom stereocenters. The van der Waals surface area contributed by atoms with Crippen LogP contribution in [0.25, 0.3) is 11.3 Å². The van der Waals surface area contributed by atoms with Crippen LogP contribution in [0.2, 0.25) is 0 Å². The fourth-order valence-electron chi connectivity index (χ4n) is 5.69. The quantitative estimate of drug-likeness (QED) is 0.101. The number of ether oxygens (including phenoxy) is 3. The average Bonchev–Trinajstić information content (AvgIpc) is 3.15. The van der Waals surface area contributed by atoms with Crippen molar-refractivity contribution in [3.05, 3.63) is 90.1 Å². The molecular formula is C39H51N5O9. The van der Waals surface area contributed by atoms with Gasteiger partial charge in [-0.05, 0) is 47.9 Å². The number of esters is 1. The van der Waals surface area contributed by atoms with Crippen LogP contribution in [0.15, 0.2) is 79.0 Å². The Morgan fingerprint density at radius 3 is 1.96 bits per heavy atom. The summed E-state index contributed by atoms with van der Waals surface area (Å²) < 4.78 is 14.2. The van der Waals surface area contributed by atoms with Gasteiger partial charge in [-0.15, -0.1) is 0 Å². The second-order valence-electron chi connectivity index (χ2n) is 13.7. The first kappa shape index (κ1) is 41.9. The second kappa shape index (κ2) is 20.5. The average molecular weight is 734 g/mol. The summed E-state index contributed by atoms with van der Waals surface area (Å²) in [6.45, 7) is 5.19. The lowest BCUT2D eigenvalue weighted by Gasteiger charge is -2.33. The van der Waals surface area contributed by atoms with Crippen LogP contribution >= 0.6 is 0 Å². The van der Waals surface area contributed by atoms with Crippen molar-refractivity contribution in [1.29, 1.82) is 0 Å². The highest BCUT2D eigenvalue weighted by Crippen LogP contribution is 2.22. The Hall–Kier alpha value is -5.50. The minimum absolute atomic E-state index is 0.0112. The molecule has 3 rings (SSSR count). The highest BCUT2D eigenvalue weighted by molar-refractivity contribution is 5.87. The van der Waals surface area contributed by atoms with E-state index in [0.717, 1.165) is 22.4 Å². The molecule has 0 aliphatic heterocycles. The summed E-state index contributed by atoms with van der Waals surface area (Å²) >= 11 is 0. The number of hydrogen-bond acceptors (Lipinski definition) is 10. The standard InChI is InChI=1S/C39H51N5O9/c1-39(2,3)34(44-38(50)53-6)36(48)42-29(20-26-15-17-27(18-16-26)30-14-10-11-19-40-30)23-32(45)31(21-25-12-8-7-9-13-25)43-35(47)28(22-33(46)51-4)24-41-37(49)52-5/h7-19,28-29,31-32,34,45H,20-24H2,1-6H3,(H,41,49)(H,42,48)(H,43,47)(H,44,50)/t28-,29-,31-,32-,34+/m0/s1. The van der Waals surface area contributed by atoms with Crippen LogP contribution in [-0.2, 0) is 41.4 Å². The highest BCUT2D eigenvalue weighted by Gasteiger charge is 2.36. The number of nitrogens with one attached hydrogen (secondary N) is 4. The van der Waals surface area contributed by atoms with Crippen LogP contribution in [0.1, 0.15) is 44.7 Å². The van der Waals surface area contributed by atoms with E-state index in [1.54, 1.807) is 27.0 Å². The lowest BCUT2D eigenvalue weighted by Crippen LogP contribution is -2.57. The summed E-state index contributed by atoms with van der Waals surface area (Å²) in [6.07, 6.45) is -0.908. The van der Waals surface area contributed by atoms with E-state index in [9.17, 15) is 29.1 Å². The number of pyridine rings is 1. The van der Waals surface area contributed by atoms with E-state index >= 15 is 0 Å². The van der Waals surface area contributed by atoms with Gasteiger partial charge in [0.25, 0.3) is 0 Å². The largest absolute Gasteiger partial charge is 0.469 e. The number of alkyl carbamates (subject to hydrolysis) is 2. The molecule has 1 heterocycles. The van der Waals surface area contributed by atoms with Gasteiger partial charge in [0.15, 0.2) is 0 Å². The monoisotopic (exact) mass is 733 g/mol. The smallest absolute Gasteiger partial charge is 0.407 e. The maximum Gasteiger partial charge on any atom is 0.407 e. The molecule has 14 nitrogen and oxygen atoms in total. The third-order valence-corrected chi connectivity index (χ3v) is 8.63. The van der Waals surface area contributed by atoms with Crippen molar-refractivity contribution in [3.8, 4) is 11.3 Å². The van der Waals surface area contributed by atoms with Gasteiger partial charge in [-0.1, -0.05) is 81.4 Å². The highest BCUT2D eigenvalue weighted by atomic mass is 16.5.